The van der Waals surface area contributed by atoms with E-state index in [0.717, 1.165) is 11.4 Å². The molecule has 19 heavy (non-hydrogen) atoms. The van der Waals surface area contributed by atoms with Gasteiger partial charge in [-0.15, -0.1) is 0 Å². The number of nitrogens with one attached hydrogen (secondary N) is 1. The number of hydrogen-bond acceptors (Lipinski definition) is 5. The maximum atomic E-state index is 11.4. The van der Waals surface area contributed by atoms with Crippen LogP contribution in [0.15, 0.2) is 24.3 Å². The SMILES string of the molecule is COC(=O)[C@@H]1C[C@H](Oc2cccc(N(C)C)c2)CN1. The van der Waals surface area contributed by atoms with Gasteiger partial charge in [0.2, 0.25) is 0 Å². The van der Waals surface area contributed by atoms with Crippen LogP contribution < -0.4 is 15.0 Å². The van der Waals surface area contributed by atoms with Gasteiger partial charge in [-0.3, -0.25) is 4.79 Å². The first-order chi connectivity index (χ1) is 9.10. The lowest BCUT2D eigenvalue weighted by Gasteiger charge is -2.16. The van der Waals surface area contributed by atoms with Crippen molar-refractivity contribution in [3.8, 4) is 5.75 Å². The third-order valence-electron chi connectivity index (χ3n) is 3.21. The van der Waals surface area contributed by atoms with Crippen LogP contribution in [0, 0.1) is 0 Å². The number of carbonyl (C=O) groups is 1. The highest BCUT2D eigenvalue weighted by Gasteiger charge is 2.31. The van der Waals surface area contributed by atoms with Crippen LogP contribution in [0.3, 0.4) is 0 Å². The zero-order valence-electron chi connectivity index (χ0n) is 11.6. The summed E-state index contributed by atoms with van der Waals surface area (Å²) in [6.45, 7) is 0.659. The summed E-state index contributed by atoms with van der Waals surface area (Å²) in [5.74, 6) is 0.594. The van der Waals surface area contributed by atoms with Crippen LogP contribution >= 0.6 is 0 Å². The molecule has 0 aliphatic carbocycles. The molecule has 0 aromatic heterocycles. The molecule has 0 radical (unpaired) electrons. The molecule has 1 N–H and O–H groups in total. The van der Waals surface area contributed by atoms with E-state index in [1.54, 1.807) is 0 Å². The molecule has 1 aliphatic heterocycles. The van der Waals surface area contributed by atoms with Crippen LogP contribution in [-0.4, -0.2) is 45.9 Å². The number of carbonyl (C=O) groups excluding carboxylic acids is 1. The lowest BCUT2D eigenvalue weighted by atomic mass is 10.2. The van der Waals surface area contributed by atoms with Crippen LogP contribution in [0.25, 0.3) is 0 Å². The predicted molar refractivity (Wildman–Crippen MR) is 73.6 cm³/mol. The first kappa shape index (κ1) is 13.7. The van der Waals surface area contributed by atoms with Gasteiger partial charge in [0.1, 0.15) is 17.9 Å². The van der Waals surface area contributed by atoms with Crippen LogP contribution in [0.2, 0.25) is 0 Å². The predicted octanol–water partition coefficient (Wildman–Crippen LogP) is 1.03. The van der Waals surface area contributed by atoms with Crippen molar-refractivity contribution in [2.24, 2.45) is 0 Å². The molecule has 104 valence electrons. The molecular weight excluding hydrogens is 244 g/mol. The van der Waals surface area contributed by atoms with Crippen molar-refractivity contribution in [1.82, 2.24) is 5.32 Å². The number of anilines is 1. The zero-order valence-corrected chi connectivity index (χ0v) is 11.6. The largest absolute Gasteiger partial charge is 0.489 e. The lowest BCUT2D eigenvalue weighted by Crippen LogP contribution is -2.31. The topological polar surface area (TPSA) is 50.8 Å². The number of hydrogen-bond donors (Lipinski definition) is 1. The fourth-order valence-corrected chi connectivity index (χ4v) is 2.14. The monoisotopic (exact) mass is 264 g/mol. The molecule has 0 spiro atoms. The molecule has 1 aromatic carbocycles. The van der Waals surface area contributed by atoms with Gasteiger partial charge >= 0.3 is 5.97 Å². The summed E-state index contributed by atoms with van der Waals surface area (Å²) in [6.07, 6.45) is 0.639. The van der Waals surface area contributed by atoms with Gasteiger partial charge in [-0.25, -0.2) is 0 Å². The van der Waals surface area contributed by atoms with Crippen LogP contribution in [0.1, 0.15) is 6.42 Å². The van der Waals surface area contributed by atoms with Gasteiger partial charge in [0, 0.05) is 38.8 Å². The number of benzene rings is 1. The Morgan fingerprint density at radius 2 is 2.21 bits per heavy atom. The molecule has 5 nitrogen and oxygen atoms in total. The van der Waals surface area contributed by atoms with Crippen LogP contribution in [-0.2, 0) is 9.53 Å². The minimum absolute atomic E-state index is 0.00140. The molecule has 1 saturated heterocycles. The summed E-state index contributed by atoms with van der Waals surface area (Å²) in [5.41, 5.74) is 1.09. The minimum atomic E-state index is -0.257. The first-order valence-electron chi connectivity index (χ1n) is 6.35. The normalized spacial score (nSPS) is 22.1. The second-order valence-corrected chi connectivity index (χ2v) is 4.85. The number of methoxy groups -OCH3 is 1. The molecule has 0 amide bonds. The molecule has 0 unspecified atom stereocenters. The van der Waals surface area contributed by atoms with Crippen molar-refractivity contribution in [2.45, 2.75) is 18.6 Å². The van der Waals surface area contributed by atoms with E-state index in [2.05, 4.69) is 5.32 Å². The highest BCUT2D eigenvalue weighted by molar-refractivity contribution is 5.76. The van der Waals surface area contributed by atoms with E-state index in [9.17, 15) is 4.79 Å². The van der Waals surface area contributed by atoms with E-state index in [1.165, 1.54) is 7.11 Å². The van der Waals surface area contributed by atoms with E-state index in [-0.39, 0.29) is 18.1 Å². The van der Waals surface area contributed by atoms with E-state index >= 15 is 0 Å². The molecule has 1 heterocycles. The smallest absolute Gasteiger partial charge is 0.323 e. The number of rotatable bonds is 4. The van der Waals surface area contributed by atoms with Gasteiger partial charge in [-0.05, 0) is 12.1 Å². The summed E-state index contributed by atoms with van der Waals surface area (Å²) in [5, 5.41) is 3.11. The highest BCUT2D eigenvalue weighted by atomic mass is 16.5. The minimum Gasteiger partial charge on any atom is -0.489 e. The quantitative estimate of drug-likeness (QED) is 0.823. The Balaban J connectivity index is 1.95. The van der Waals surface area contributed by atoms with Gasteiger partial charge in [-0.2, -0.15) is 0 Å². The Labute approximate surface area is 113 Å². The van der Waals surface area contributed by atoms with Gasteiger partial charge in [0.15, 0.2) is 0 Å². The molecule has 0 saturated carbocycles. The average Bonchev–Trinajstić information content (AvgIpc) is 2.86. The van der Waals surface area contributed by atoms with Gasteiger partial charge in [0.05, 0.1) is 7.11 Å². The van der Waals surface area contributed by atoms with Gasteiger partial charge < -0.3 is 19.7 Å². The fraction of sp³-hybridized carbons (Fsp3) is 0.500. The molecule has 1 aromatic rings. The number of nitrogens with zero attached hydrogens (tertiary/aromatic N) is 1. The lowest BCUT2D eigenvalue weighted by molar-refractivity contribution is -0.142. The molecular formula is C14H20N2O3. The Hall–Kier alpha value is -1.75. The highest BCUT2D eigenvalue weighted by Crippen LogP contribution is 2.22. The van der Waals surface area contributed by atoms with Crippen molar-refractivity contribution in [3.05, 3.63) is 24.3 Å². The van der Waals surface area contributed by atoms with Crippen molar-refractivity contribution in [2.75, 3.05) is 32.6 Å². The summed E-state index contributed by atoms with van der Waals surface area (Å²) >= 11 is 0. The van der Waals surface area contributed by atoms with E-state index in [4.69, 9.17) is 9.47 Å². The van der Waals surface area contributed by atoms with E-state index in [0.29, 0.717) is 13.0 Å². The maximum absolute atomic E-state index is 11.4. The standard InChI is InChI=1S/C14H20N2O3/c1-16(2)10-5-4-6-11(7-10)19-12-8-13(15-9-12)14(17)18-3/h4-7,12-13,15H,8-9H2,1-3H3/t12-,13-/m0/s1. The summed E-state index contributed by atoms with van der Waals surface area (Å²) < 4.78 is 10.6. The van der Waals surface area contributed by atoms with Crippen molar-refractivity contribution in [3.63, 3.8) is 0 Å². The molecule has 0 bridgehead atoms. The van der Waals surface area contributed by atoms with E-state index < -0.39 is 0 Å². The molecule has 2 rings (SSSR count). The van der Waals surface area contributed by atoms with Crippen LogP contribution in [0.4, 0.5) is 5.69 Å². The summed E-state index contributed by atoms with van der Waals surface area (Å²) in [4.78, 5) is 13.4. The second kappa shape index (κ2) is 5.93. The fourth-order valence-electron chi connectivity index (χ4n) is 2.14. The molecule has 1 fully saturated rings. The Morgan fingerprint density at radius 3 is 2.89 bits per heavy atom. The zero-order chi connectivity index (χ0) is 13.8. The molecule has 1 aliphatic rings. The maximum Gasteiger partial charge on any atom is 0.323 e. The summed E-state index contributed by atoms with van der Waals surface area (Å²) in [7, 11) is 5.38. The van der Waals surface area contributed by atoms with Crippen molar-refractivity contribution in [1.29, 1.82) is 0 Å². The number of ether oxygens (including phenoxy) is 2. The Bertz CT molecular complexity index is 448. The van der Waals surface area contributed by atoms with Crippen molar-refractivity contribution < 1.29 is 14.3 Å². The molecule has 2 atom stereocenters. The second-order valence-electron chi connectivity index (χ2n) is 4.85. The summed E-state index contributed by atoms with van der Waals surface area (Å²) in [6, 6.07) is 7.65. The average molecular weight is 264 g/mol. The Kier molecular flexibility index (Phi) is 4.27. The van der Waals surface area contributed by atoms with E-state index in [1.807, 2.05) is 43.3 Å². The van der Waals surface area contributed by atoms with Crippen LogP contribution in [0.5, 0.6) is 5.75 Å². The van der Waals surface area contributed by atoms with Gasteiger partial charge in [-0.1, -0.05) is 6.07 Å². The first-order valence-corrected chi connectivity index (χ1v) is 6.35. The van der Waals surface area contributed by atoms with Gasteiger partial charge in [0.25, 0.3) is 0 Å². The third kappa shape index (κ3) is 3.38. The molecule has 5 heteroatoms. The van der Waals surface area contributed by atoms with Crippen molar-refractivity contribution >= 4 is 11.7 Å². The number of esters is 1. The Morgan fingerprint density at radius 1 is 1.42 bits per heavy atom. The third-order valence-corrected chi connectivity index (χ3v) is 3.21.